The molecule has 0 N–H and O–H groups in total. The van der Waals surface area contributed by atoms with Gasteiger partial charge in [-0.3, -0.25) is 14.9 Å². The number of fused-ring (bicyclic) bond motifs is 1. The van der Waals surface area contributed by atoms with E-state index in [2.05, 4.69) is 0 Å². The zero-order valence-corrected chi connectivity index (χ0v) is 31.8. The summed E-state index contributed by atoms with van der Waals surface area (Å²) >= 11 is 0. The first-order valence-electron chi connectivity index (χ1n) is 17.7. The van der Waals surface area contributed by atoms with Gasteiger partial charge < -0.3 is 0 Å². The standard InChI is InChI=1S/C24BF20.C17H13N2O3/c26-5-1(6(27)14(35)21(42)13(5)34)25(2-7(28)15(36)22(43)16(37)8(2)29,3-9(30)17(38)23(44)18(39)10(3)31)4-11(32)19(40)24(45)20(41)12(4)33;20-17(14-4-2-1-3-5-14)12-18-9-8-13-6-7-16(19(21)22)10-15(13)11-18/h;1-11H,12H2/q-1;+1. The van der Waals surface area contributed by atoms with Gasteiger partial charge in [0.05, 0.1) is 10.3 Å². The van der Waals surface area contributed by atoms with Crippen LogP contribution in [0.4, 0.5) is 93.5 Å². The normalized spacial score (nSPS) is 11.5. The molecule has 0 spiro atoms. The monoisotopic (exact) mass is 972 g/mol. The van der Waals surface area contributed by atoms with Crippen molar-refractivity contribution in [1.82, 2.24) is 0 Å². The molecule has 0 atom stereocenters. The highest BCUT2D eigenvalue weighted by atomic mass is 19.2. The molecule has 348 valence electrons. The lowest BCUT2D eigenvalue weighted by Gasteiger charge is -2.44. The van der Waals surface area contributed by atoms with Crippen molar-refractivity contribution in [3.8, 4) is 0 Å². The van der Waals surface area contributed by atoms with E-state index in [1.807, 2.05) is 24.3 Å². The highest BCUT2D eigenvalue weighted by molar-refractivity contribution is 7.20. The van der Waals surface area contributed by atoms with Crippen molar-refractivity contribution < 1.29 is 102 Å². The average molecular weight is 972 g/mol. The maximum absolute atomic E-state index is 15.4. The van der Waals surface area contributed by atoms with E-state index in [1.165, 1.54) is 12.1 Å². The number of non-ortho nitro benzene ring substituents is 1. The summed E-state index contributed by atoms with van der Waals surface area (Å²) in [6.45, 7) is 0.197. The van der Waals surface area contributed by atoms with Crippen LogP contribution in [-0.2, 0) is 6.54 Å². The number of nitrogens with zero attached hydrogens (tertiary/aromatic N) is 2. The Morgan fingerprint density at radius 2 is 0.746 bits per heavy atom. The number of halogens is 20. The lowest BCUT2D eigenvalue weighted by molar-refractivity contribution is -0.681. The average Bonchev–Trinajstić information content (AvgIpc) is 3.31. The van der Waals surface area contributed by atoms with Gasteiger partial charge in [0.2, 0.25) is 12.3 Å². The SMILES string of the molecule is Fc1c(F)c(F)c([B-](c2c(F)c(F)c(F)c(F)c2F)(c2c(F)c(F)c(F)c(F)c2F)c2c(F)c(F)c(F)c(F)c2F)c(F)c1F.O=C(C[n+]1ccc2ccc([N+](=O)[O-])cc2c1)c1ccccc1. The van der Waals surface area contributed by atoms with E-state index < -0.39 is 149 Å². The van der Waals surface area contributed by atoms with E-state index in [9.17, 15) is 67.6 Å². The van der Waals surface area contributed by atoms with Crippen molar-refractivity contribution in [2.45, 2.75) is 6.54 Å². The van der Waals surface area contributed by atoms with Crippen LogP contribution in [0.5, 0.6) is 0 Å². The van der Waals surface area contributed by atoms with Crippen LogP contribution >= 0.6 is 0 Å². The molecule has 26 heteroatoms. The fraction of sp³-hybridized carbons (Fsp3) is 0.0244. The molecule has 67 heavy (non-hydrogen) atoms. The smallest absolute Gasteiger partial charge is 0.270 e. The van der Waals surface area contributed by atoms with Crippen molar-refractivity contribution in [1.29, 1.82) is 0 Å². The van der Waals surface area contributed by atoms with E-state index in [-0.39, 0.29) is 18.0 Å². The fourth-order valence-corrected chi connectivity index (χ4v) is 7.19. The molecule has 1 aromatic heterocycles. The summed E-state index contributed by atoms with van der Waals surface area (Å²) in [5.74, 6) is -71.4. The summed E-state index contributed by atoms with van der Waals surface area (Å²) in [5.41, 5.74) is -13.6. The van der Waals surface area contributed by atoms with Crippen LogP contribution in [-0.4, -0.2) is 16.9 Å². The molecule has 7 aromatic rings. The Morgan fingerprint density at radius 3 is 1.06 bits per heavy atom. The van der Waals surface area contributed by atoms with E-state index >= 15 is 35.1 Å². The number of carbonyl (C=O) groups is 1. The van der Waals surface area contributed by atoms with E-state index in [4.69, 9.17) is 0 Å². The Balaban J connectivity index is 0.000000279. The molecular weight excluding hydrogens is 959 g/mol. The van der Waals surface area contributed by atoms with Crippen molar-refractivity contribution in [2.24, 2.45) is 0 Å². The number of Topliss-reactive ketones (excluding diaryl/α,β-unsaturated/α-hetero) is 1. The van der Waals surface area contributed by atoms with Gasteiger partial charge in [0.25, 0.3) is 5.69 Å². The predicted octanol–water partition coefficient (Wildman–Crippen LogP) is 8.76. The minimum atomic E-state index is -7.22. The highest BCUT2D eigenvalue weighted by Crippen LogP contribution is 2.31. The lowest BCUT2D eigenvalue weighted by atomic mass is 9.12. The van der Waals surface area contributed by atoms with Gasteiger partial charge in [0.1, 0.15) is 52.7 Å². The number of carbonyl (C=O) groups excluding carboxylic acids is 1. The number of hydrogen-bond acceptors (Lipinski definition) is 3. The summed E-state index contributed by atoms with van der Waals surface area (Å²) in [4.78, 5) is 22.6. The first-order chi connectivity index (χ1) is 31.3. The summed E-state index contributed by atoms with van der Waals surface area (Å²) in [7, 11) is 0. The van der Waals surface area contributed by atoms with E-state index in [0.717, 1.165) is 10.8 Å². The van der Waals surface area contributed by atoms with Crippen molar-refractivity contribution in [2.75, 3.05) is 0 Å². The zero-order valence-electron chi connectivity index (χ0n) is 31.8. The molecule has 1 heterocycles. The number of benzene rings is 6. The third-order valence-electron chi connectivity index (χ3n) is 10.2. The number of aromatic nitrogens is 1. The maximum atomic E-state index is 15.4. The molecule has 0 aliphatic heterocycles. The Bertz CT molecular complexity index is 2850. The van der Waals surface area contributed by atoms with Gasteiger partial charge in [-0.05, 0) is 11.5 Å². The van der Waals surface area contributed by atoms with Crippen molar-refractivity contribution in [3.05, 3.63) is 199 Å². The molecule has 0 bridgehead atoms. The van der Waals surface area contributed by atoms with Crippen LogP contribution in [0.15, 0.2) is 67.0 Å². The van der Waals surface area contributed by atoms with Crippen LogP contribution < -0.4 is 26.4 Å². The first kappa shape index (κ1) is 48.9. The Labute approximate surface area is 357 Å². The molecule has 0 saturated carbocycles. The zero-order chi connectivity index (χ0) is 49.9. The molecule has 0 aliphatic rings. The molecule has 0 amide bonds. The van der Waals surface area contributed by atoms with Crippen molar-refractivity contribution >= 4 is 50.2 Å². The Morgan fingerprint density at radius 1 is 0.433 bits per heavy atom. The van der Waals surface area contributed by atoms with Crippen LogP contribution in [0.2, 0.25) is 0 Å². The van der Waals surface area contributed by atoms with Crippen LogP contribution in [0.3, 0.4) is 0 Å². The van der Waals surface area contributed by atoms with Gasteiger partial charge in [0.15, 0.2) is 82.2 Å². The highest BCUT2D eigenvalue weighted by Gasteiger charge is 2.52. The number of nitro groups is 1. The fourth-order valence-electron chi connectivity index (χ4n) is 7.19. The minimum absolute atomic E-state index is 0.00428. The topological polar surface area (TPSA) is 64.1 Å². The van der Waals surface area contributed by atoms with Crippen LogP contribution in [0.25, 0.3) is 10.8 Å². The molecular formula is C41H13BF20N2O3. The Hall–Kier alpha value is -7.54. The second-order valence-electron chi connectivity index (χ2n) is 13.8. The summed E-state index contributed by atoms with van der Waals surface area (Å²) in [6.07, 6.45) is -3.66. The number of nitro benzene ring substituents is 1. The summed E-state index contributed by atoms with van der Waals surface area (Å²) in [5, 5.41) is 12.5. The second kappa shape index (κ2) is 18.0. The van der Waals surface area contributed by atoms with Crippen LogP contribution in [0.1, 0.15) is 10.4 Å². The minimum Gasteiger partial charge on any atom is -0.287 e. The number of hydrogen-bond donors (Lipinski definition) is 0. The van der Waals surface area contributed by atoms with Gasteiger partial charge in [-0.15, -0.1) is 21.9 Å². The molecule has 6 aromatic carbocycles. The molecule has 5 nitrogen and oxygen atoms in total. The molecule has 0 unspecified atom stereocenters. The number of rotatable bonds is 8. The first-order valence-corrected chi connectivity index (χ1v) is 17.7. The van der Waals surface area contributed by atoms with Gasteiger partial charge in [0, 0.05) is 23.8 Å². The van der Waals surface area contributed by atoms with E-state index in [1.54, 1.807) is 35.2 Å². The molecule has 7 rings (SSSR count). The van der Waals surface area contributed by atoms with Gasteiger partial charge in [-0.1, -0.05) is 30.3 Å². The van der Waals surface area contributed by atoms with Gasteiger partial charge >= 0.3 is 0 Å². The lowest BCUT2D eigenvalue weighted by Crippen LogP contribution is -2.81. The predicted molar refractivity (Wildman–Crippen MR) is 191 cm³/mol. The quantitative estimate of drug-likeness (QED) is 0.0224. The molecule has 0 fully saturated rings. The van der Waals surface area contributed by atoms with E-state index in [0.29, 0.717) is 5.56 Å². The van der Waals surface area contributed by atoms with Crippen molar-refractivity contribution in [3.63, 3.8) is 0 Å². The van der Waals surface area contributed by atoms with Crippen LogP contribution in [0, 0.1) is 126 Å². The third-order valence-corrected chi connectivity index (χ3v) is 10.2. The molecule has 0 saturated heterocycles. The second-order valence-corrected chi connectivity index (χ2v) is 13.8. The molecule has 0 aliphatic carbocycles. The Kier molecular flexibility index (Phi) is 13.2. The molecule has 0 radical (unpaired) electrons. The van der Waals surface area contributed by atoms with Gasteiger partial charge in [-0.2, -0.15) is 4.57 Å². The third kappa shape index (κ3) is 7.81. The largest absolute Gasteiger partial charge is 0.287 e. The number of pyridine rings is 1. The maximum Gasteiger partial charge on any atom is 0.270 e. The number of ketones is 1. The summed E-state index contributed by atoms with van der Waals surface area (Å²) < 4.78 is 296. The summed E-state index contributed by atoms with van der Waals surface area (Å²) in [6, 6.07) is 15.6. The van der Waals surface area contributed by atoms with Gasteiger partial charge in [-0.25, -0.2) is 87.8 Å².